The van der Waals surface area contributed by atoms with Gasteiger partial charge in [-0.3, -0.25) is 0 Å². The highest BCUT2D eigenvalue weighted by Gasteiger charge is 2.40. The summed E-state index contributed by atoms with van der Waals surface area (Å²) in [6.07, 6.45) is 13.3. The lowest BCUT2D eigenvalue weighted by atomic mass is 9.65. The van der Waals surface area contributed by atoms with Gasteiger partial charge in [-0.05, 0) is 56.0 Å². The Balaban J connectivity index is 1.99. The molecule has 1 saturated carbocycles. The van der Waals surface area contributed by atoms with Crippen molar-refractivity contribution in [2.24, 2.45) is 17.3 Å². The second-order valence-electron chi connectivity index (χ2n) is 6.51. The Kier molecular flexibility index (Phi) is 4.90. The van der Waals surface area contributed by atoms with E-state index in [0.29, 0.717) is 0 Å². The zero-order valence-corrected chi connectivity index (χ0v) is 11.9. The molecule has 2 fully saturated rings. The van der Waals surface area contributed by atoms with E-state index < -0.39 is 0 Å². The van der Waals surface area contributed by atoms with Gasteiger partial charge in [0.2, 0.25) is 0 Å². The highest BCUT2D eigenvalue weighted by molar-refractivity contribution is 4.93. The first-order valence-electron chi connectivity index (χ1n) is 8.01. The smallest absolute Gasteiger partial charge is 0.00153 e. The van der Waals surface area contributed by atoms with Gasteiger partial charge in [0, 0.05) is 0 Å². The van der Waals surface area contributed by atoms with Gasteiger partial charge in [-0.25, -0.2) is 0 Å². The number of hydrogen-bond acceptors (Lipinski definition) is 1. The maximum absolute atomic E-state index is 3.61. The monoisotopic (exact) mass is 237 g/mol. The van der Waals surface area contributed by atoms with Crippen LogP contribution in [0.5, 0.6) is 0 Å². The van der Waals surface area contributed by atoms with Crippen LogP contribution in [-0.4, -0.2) is 13.1 Å². The molecule has 2 rings (SSSR count). The predicted molar refractivity (Wildman–Crippen MR) is 75.2 cm³/mol. The highest BCUT2D eigenvalue weighted by Crippen LogP contribution is 2.48. The Morgan fingerprint density at radius 2 is 2.00 bits per heavy atom. The van der Waals surface area contributed by atoms with Crippen LogP contribution < -0.4 is 5.32 Å². The fourth-order valence-corrected chi connectivity index (χ4v) is 4.47. The summed E-state index contributed by atoms with van der Waals surface area (Å²) in [6, 6.07) is 0. The second kappa shape index (κ2) is 6.22. The summed E-state index contributed by atoms with van der Waals surface area (Å²) in [5, 5.41) is 3.61. The van der Waals surface area contributed by atoms with Crippen molar-refractivity contribution < 1.29 is 0 Å². The Morgan fingerprint density at radius 3 is 2.76 bits per heavy atom. The van der Waals surface area contributed by atoms with Gasteiger partial charge in [-0.2, -0.15) is 0 Å². The van der Waals surface area contributed by atoms with E-state index >= 15 is 0 Å². The Morgan fingerprint density at radius 1 is 1.12 bits per heavy atom. The third kappa shape index (κ3) is 3.05. The third-order valence-electron chi connectivity index (χ3n) is 5.58. The van der Waals surface area contributed by atoms with E-state index in [1.54, 1.807) is 0 Å². The fourth-order valence-electron chi connectivity index (χ4n) is 4.47. The van der Waals surface area contributed by atoms with Gasteiger partial charge in [0.25, 0.3) is 0 Å². The van der Waals surface area contributed by atoms with Crippen LogP contribution in [0.15, 0.2) is 0 Å². The van der Waals surface area contributed by atoms with Gasteiger partial charge >= 0.3 is 0 Å². The highest BCUT2D eigenvalue weighted by atomic mass is 14.9. The molecule has 0 aromatic heterocycles. The average molecular weight is 237 g/mol. The summed E-state index contributed by atoms with van der Waals surface area (Å²) in [6.45, 7) is 7.30. The van der Waals surface area contributed by atoms with E-state index in [4.69, 9.17) is 0 Å². The molecular formula is C16H31N. The van der Waals surface area contributed by atoms with E-state index in [0.717, 1.165) is 17.3 Å². The lowest BCUT2D eigenvalue weighted by Gasteiger charge is -2.44. The maximum Gasteiger partial charge on any atom is -0.00153 e. The molecule has 3 atom stereocenters. The first kappa shape index (κ1) is 13.4. The van der Waals surface area contributed by atoms with Crippen molar-refractivity contribution in [3.63, 3.8) is 0 Å². The first-order valence-corrected chi connectivity index (χ1v) is 8.01. The maximum atomic E-state index is 3.61. The van der Waals surface area contributed by atoms with E-state index in [1.807, 2.05) is 0 Å². The van der Waals surface area contributed by atoms with Crippen molar-refractivity contribution in [3.8, 4) is 0 Å². The van der Waals surface area contributed by atoms with Crippen LogP contribution in [0.3, 0.4) is 0 Å². The molecule has 17 heavy (non-hydrogen) atoms. The fraction of sp³-hybridized carbons (Fsp3) is 1.00. The van der Waals surface area contributed by atoms with Crippen molar-refractivity contribution in [2.45, 2.75) is 71.6 Å². The average Bonchev–Trinajstić information content (AvgIpc) is 2.55. The summed E-state index contributed by atoms with van der Waals surface area (Å²) in [5.41, 5.74) is 0.725. The van der Waals surface area contributed by atoms with E-state index in [1.165, 1.54) is 70.9 Å². The van der Waals surface area contributed by atoms with Crippen molar-refractivity contribution in [1.29, 1.82) is 0 Å². The zero-order valence-electron chi connectivity index (χ0n) is 11.9. The molecular weight excluding hydrogens is 206 g/mol. The summed E-state index contributed by atoms with van der Waals surface area (Å²) >= 11 is 0. The van der Waals surface area contributed by atoms with Gasteiger partial charge in [0.05, 0.1) is 0 Å². The molecule has 0 aromatic carbocycles. The van der Waals surface area contributed by atoms with Gasteiger partial charge < -0.3 is 5.32 Å². The lowest BCUT2D eigenvalue weighted by Crippen LogP contribution is -2.44. The van der Waals surface area contributed by atoms with Crippen LogP contribution in [0.25, 0.3) is 0 Å². The normalized spacial score (nSPS) is 39.2. The van der Waals surface area contributed by atoms with Gasteiger partial charge in [0.1, 0.15) is 0 Å². The quantitative estimate of drug-likeness (QED) is 0.768. The molecule has 1 spiro atoms. The molecule has 0 amide bonds. The predicted octanol–water partition coefficient (Wildman–Crippen LogP) is 4.37. The third-order valence-corrected chi connectivity index (χ3v) is 5.58. The topological polar surface area (TPSA) is 12.0 Å². The largest absolute Gasteiger partial charge is 0.316 e. The molecule has 1 saturated heterocycles. The van der Waals surface area contributed by atoms with Crippen LogP contribution in [0, 0.1) is 17.3 Å². The van der Waals surface area contributed by atoms with E-state index in [-0.39, 0.29) is 0 Å². The van der Waals surface area contributed by atoms with Crippen molar-refractivity contribution in [2.75, 3.05) is 13.1 Å². The molecule has 1 aliphatic carbocycles. The molecule has 2 aliphatic rings. The Labute approximate surface area is 108 Å². The van der Waals surface area contributed by atoms with Crippen LogP contribution in [-0.2, 0) is 0 Å². The van der Waals surface area contributed by atoms with Crippen molar-refractivity contribution in [1.82, 2.24) is 5.32 Å². The van der Waals surface area contributed by atoms with E-state index in [2.05, 4.69) is 19.2 Å². The minimum atomic E-state index is 0.725. The van der Waals surface area contributed by atoms with Crippen LogP contribution in [0.1, 0.15) is 71.6 Å². The van der Waals surface area contributed by atoms with Crippen molar-refractivity contribution in [3.05, 3.63) is 0 Å². The van der Waals surface area contributed by atoms with Crippen molar-refractivity contribution >= 4 is 0 Å². The first-order chi connectivity index (χ1) is 8.30. The number of rotatable bonds is 3. The summed E-state index contributed by atoms with van der Waals surface area (Å²) in [5.74, 6) is 2.00. The molecule has 100 valence electrons. The minimum Gasteiger partial charge on any atom is -0.316 e. The molecule has 3 unspecified atom stereocenters. The molecule has 1 nitrogen and oxygen atoms in total. The zero-order chi connectivity index (χ0) is 12.1. The van der Waals surface area contributed by atoms with Gasteiger partial charge in [-0.15, -0.1) is 0 Å². The Hall–Kier alpha value is -0.0400. The number of nitrogens with one attached hydrogen (secondary N) is 1. The van der Waals surface area contributed by atoms with Crippen LogP contribution >= 0.6 is 0 Å². The van der Waals surface area contributed by atoms with Crippen LogP contribution in [0.4, 0.5) is 0 Å². The van der Waals surface area contributed by atoms with Gasteiger partial charge in [0.15, 0.2) is 0 Å². The van der Waals surface area contributed by atoms with Gasteiger partial charge in [-0.1, -0.05) is 46.0 Å². The number of hydrogen-bond donors (Lipinski definition) is 1. The molecule has 0 bridgehead atoms. The molecule has 1 N–H and O–H groups in total. The molecule has 1 heterocycles. The SMILES string of the molecule is CCCC1CCCC2(CCNCC2CC)CC1. The second-order valence-corrected chi connectivity index (χ2v) is 6.51. The number of piperidine rings is 1. The minimum absolute atomic E-state index is 0.725. The lowest BCUT2D eigenvalue weighted by molar-refractivity contribution is 0.0818. The summed E-state index contributed by atoms with van der Waals surface area (Å²) in [7, 11) is 0. The summed E-state index contributed by atoms with van der Waals surface area (Å²) < 4.78 is 0. The Bertz CT molecular complexity index is 226. The molecule has 0 aromatic rings. The summed E-state index contributed by atoms with van der Waals surface area (Å²) in [4.78, 5) is 0. The van der Waals surface area contributed by atoms with Crippen LogP contribution in [0.2, 0.25) is 0 Å². The van der Waals surface area contributed by atoms with E-state index in [9.17, 15) is 0 Å². The standard InChI is InChI=1S/C16H31N/c1-3-6-14-7-5-9-16(10-8-14)11-12-17-13-15(16)4-2/h14-15,17H,3-13H2,1-2H3. The molecule has 0 radical (unpaired) electrons. The molecule has 1 heteroatoms. The molecule has 1 aliphatic heterocycles.